The molecule has 21 heavy (non-hydrogen) atoms. The average Bonchev–Trinajstić information content (AvgIpc) is 2.94. The Kier molecular flexibility index (Phi) is 3.95. The number of benzene rings is 1. The van der Waals surface area contributed by atoms with Gasteiger partial charge in [-0.05, 0) is 23.4 Å². The summed E-state index contributed by atoms with van der Waals surface area (Å²) in [4.78, 5) is -0.131. The van der Waals surface area contributed by atoms with E-state index < -0.39 is 15.7 Å². The summed E-state index contributed by atoms with van der Waals surface area (Å²) in [5.41, 5.74) is 0.0500. The lowest BCUT2D eigenvalue weighted by atomic mass is 10.3. The van der Waals surface area contributed by atoms with Gasteiger partial charge in [0.25, 0.3) is 0 Å². The van der Waals surface area contributed by atoms with Crippen molar-refractivity contribution in [3.8, 4) is 6.07 Å². The smallest absolute Gasteiger partial charge is 0.216 e. The first-order chi connectivity index (χ1) is 9.91. The number of aromatic nitrogens is 4. The van der Waals surface area contributed by atoms with Gasteiger partial charge < -0.3 is 5.32 Å². The van der Waals surface area contributed by atoms with Crippen LogP contribution in [0.4, 0.5) is 10.1 Å². The third-order valence-electron chi connectivity index (χ3n) is 2.45. The van der Waals surface area contributed by atoms with Gasteiger partial charge in [-0.2, -0.15) is 10.5 Å². The van der Waals surface area contributed by atoms with Crippen LogP contribution in [0.15, 0.2) is 29.3 Å². The number of nitrogens with zero attached hydrogens (tertiary/aromatic N) is 4. The van der Waals surface area contributed by atoms with E-state index in [2.05, 4.69) is 25.9 Å². The van der Waals surface area contributed by atoms with Crippen LogP contribution in [0.3, 0.4) is 0 Å². The summed E-state index contributed by atoms with van der Waals surface area (Å²) in [7, 11) is -3.48. The van der Waals surface area contributed by atoms with Crippen molar-refractivity contribution in [1.82, 2.24) is 20.6 Å². The zero-order valence-electron chi connectivity index (χ0n) is 10.7. The zero-order chi connectivity index (χ0) is 15.5. The highest BCUT2D eigenvalue weighted by atomic mass is 32.2. The number of H-pyrrole nitrogens is 1. The number of nitrogens with one attached hydrogen (secondary N) is 2. The summed E-state index contributed by atoms with van der Waals surface area (Å²) in [5, 5.41) is 24.2. The standard InChI is InChI=1S/C11H9FN6O2S/c1-21(19,20)8-2-3-10(9(12)4-8)14-6-7(5-13)11-15-17-18-16-11/h2-4,6,14H,1H3,(H,15,16,17,18). The van der Waals surface area contributed by atoms with Gasteiger partial charge in [-0.25, -0.2) is 12.8 Å². The second-order valence-electron chi connectivity index (χ2n) is 3.96. The Balaban J connectivity index is 2.27. The van der Waals surface area contributed by atoms with Crippen LogP contribution < -0.4 is 5.32 Å². The van der Waals surface area contributed by atoms with Crippen LogP contribution in [0, 0.1) is 17.1 Å². The van der Waals surface area contributed by atoms with Crippen LogP contribution in [0.25, 0.3) is 5.57 Å². The van der Waals surface area contributed by atoms with Crippen molar-refractivity contribution in [2.45, 2.75) is 4.90 Å². The maximum absolute atomic E-state index is 13.8. The van der Waals surface area contributed by atoms with Crippen molar-refractivity contribution in [2.75, 3.05) is 11.6 Å². The molecular weight excluding hydrogens is 299 g/mol. The number of halogens is 1. The number of nitriles is 1. The summed E-state index contributed by atoms with van der Waals surface area (Å²) in [6.07, 6.45) is 2.18. The van der Waals surface area contributed by atoms with Crippen LogP contribution >= 0.6 is 0 Å². The molecule has 0 atom stereocenters. The molecule has 10 heteroatoms. The van der Waals surface area contributed by atoms with Crippen molar-refractivity contribution < 1.29 is 12.8 Å². The molecule has 0 bridgehead atoms. The summed E-state index contributed by atoms with van der Waals surface area (Å²) < 4.78 is 36.4. The lowest BCUT2D eigenvalue weighted by molar-refractivity contribution is 0.596. The van der Waals surface area contributed by atoms with Gasteiger partial charge in [0.1, 0.15) is 17.5 Å². The number of anilines is 1. The summed E-state index contributed by atoms with van der Waals surface area (Å²) in [5.74, 6) is -0.710. The molecule has 0 unspecified atom stereocenters. The van der Waals surface area contributed by atoms with Gasteiger partial charge in [-0.3, -0.25) is 0 Å². The lowest BCUT2D eigenvalue weighted by Gasteiger charge is -2.05. The highest BCUT2D eigenvalue weighted by Crippen LogP contribution is 2.19. The van der Waals surface area contributed by atoms with Gasteiger partial charge in [0.05, 0.1) is 10.6 Å². The Morgan fingerprint density at radius 2 is 2.29 bits per heavy atom. The molecule has 1 aromatic carbocycles. The predicted octanol–water partition coefficient (Wildman–Crippen LogP) is 0.719. The minimum Gasteiger partial charge on any atom is -0.358 e. The first kappa shape index (κ1) is 14.6. The molecule has 1 aromatic heterocycles. The Bertz CT molecular complexity index is 823. The molecule has 0 aliphatic rings. The summed E-state index contributed by atoms with van der Waals surface area (Å²) >= 11 is 0. The van der Waals surface area contributed by atoms with Crippen molar-refractivity contribution in [1.29, 1.82) is 5.26 Å². The molecule has 0 spiro atoms. The predicted molar refractivity (Wildman–Crippen MR) is 70.9 cm³/mol. The third-order valence-corrected chi connectivity index (χ3v) is 3.56. The summed E-state index contributed by atoms with van der Waals surface area (Å²) in [6.45, 7) is 0. The zero-order valence-corrected chi connectivity index (χ0v) is 11.5. The maximum Gasteiger partial charge on any atom is 0.216 e. The highest BCUT2D eigenvalue weighted by Gasteiger charge is 2.11. The molecule has 0 aliphatic heterocycles. The van der Waals surface area contributed by atoms with E-state index in [4.69, 9.17) is 5.26 Å². The van der Waals surface area contributed by atoms with Crippen LogP contribution in [-0.2, 0) is 9.84 Å². The van der Waals surface area contributed by atoms with Gasteiger partial charge >= 0.3 is 0 Å². The second kappa shape index (κ2) is 5.68. The molecule has 0 saturated heterocycles. The highest BCUT2D eigenvalue weighted by molar-refractivity contribution is 7.90. The fraction of sp³-hybridized carbons (Fsp3) is 0.0909. The van der Waals surface area contributed by atoms with E-state index >= 15 is 0 Å². The van der Waals surface area contributed by atoms with Gasteiger partial charge in [-0.15, -0.1) is 10.2 Å². The first-order valence-electron chi connectivity index (χ1n) is 5.52. The Hall–Kier alpha value is -2.80. The molecule has 0 aliphatic carbocycles. The van der Waals surface area contributed by atoms with Gasteiger partial charge in [-0.1, -0.05) is 0 Å². The van der Waals surface area contributed by atoms with E-state index in [0.717, 1.165) is 12.3 Å². The number of hydrogen-bond acceptors (Lipinski definition) is 7. The fourth-order valence-electron chi connectivity index (χ4n) is 1.42. The number of hydrogen-bond donors (Lipinski definition) is 2. The molecular formula is C11H9FN6O2S. The van der Waals surface area contributed by atoms with Gasteiger partial charge in [0.2, 0.25) is 5.82 Å². The molecule has 0 amide bonds. The molecule has 0 fully saturated rings. The van der Waals surface area contributed by atoms with Crippen LogP contribution in [0.5, 0.6) is 0 Å². The molecule has 8 nitrogen and oxygen atoms in total. The van der Waals surface area contributed by atoms with Crippen LogP contribution in [0.2, 0.25) is 0 Å². The van der Waals surface area contributed by atoms with E-state index in [1.807, 2.05) is 6.07 Å². The topological polar surface area (TPSA) is 124 Å². The lowest BCUT2D eigenvalue weighted by Crippen LogP contribution is -2.00. The van der Waals surface area contributed by atoms with E-state index in [0.29, 0.717) is 0 Å². The average molecular weight is 308 g/mol. The Morgan fingerprint density at radius 1 is 1.52 bits per heavy atom. The molecule has 0 radical (unpaired) electrons. The monoisotopic (exact) mass is 308 g/mol. The minimum absolute atomic E-state index is 0.0126. The van der Waals surface area contributed by atoms with Crippen LogP contribution in [-0.4, -0.2) is 35.3 Å². The third kappa shape index (κ3) is 3.40. The molecule has 0 saturated carbocycles. The SMILES string of the molecule is CS(=O)(=O)c1ccc(NC=C(C#N)c2nn[nH]n2)c(F)c1. The normalized spacial score (nSPS) is 12.0. The molecule has 2 aromatic rings. The van der Waals surface area contributed by atoms with Crippen molar-refractivity contribution in [3.05, 3.63) is 36.0 Å². The van der Waals surface area contributed by atoms with E-state index in [-0.39, 0.29) is 22.0 Å². The molecule has 2 N–H and O–H groups in total. The van der Waals surface area contributed by atoms with E-state index in [9.17, 15) is 12.8 Å². The Morgan fingerprint density at radius 3 is 2.81 bits per heavy atom. The maximum atomic E-state index is 13.8. The van der Waals surface area contributed by atoms with Crippen molar-refractivity contribution in [3.63, 3.8) is 0 Å². The fourth-order valence-corrected chi connectivity index (χ4v) is 2.05. The number of rotatable bonds is 4. The first-order valence-corrected chi connectivity index (χ1v) is 7.41. The van der Waals surface area contributed by atoms with Crippen LogP contribution in [0.1, 0.15) is 5.82 Å². The minimum atomic E-state index is -3.48. The molecule has 1 heterocycles. The van der Waals surface area contributed by atoms with Gasteiger partial charge in [0.15, 0.2) is 9.84 Å². The Labute approximate surface area is 119 Å². The molecule has 108 valence electrons. The van der Waals surface area contributed by atoms with Gasteiger partial charge in [0, 0.05) is 12.5 Å². The van der Waals surface area contributed by atoms with Crippen molar-refractivity contribution in [2.24, 2.45) is 0 Å². The van der Waals surface area contributed by atoms with E-state index in [1.165, 1.54) is 18.3 Å². The largest absolute Gasteiger partial charge is 0.358 e. The van der Waals surface area contributed by atoms with E-state index in [1.54, 1.807) is 0 Å². The number of sulfone groups is 1. The number of tetrazole rings is 1. The second-order valence-corrected chi connectivity index (χ2v) is 5.98. The number of allylic oxidation sites excluding steroid dienone is 1. The quantitative estimate of drug-likeness (QED) is 0.797. The van der Waals surface area contributed by atoms with Crippen molar-refractivity contribution >= 4 is 21.1 Å². The summed E-state index contributed by atoms with van der Waals surface area (Å²) in [6, 6.07) is 5.24. The molecule has 2 rings (SSSR count). The number of aromatic amines is 1.